The van der Waals surface area contributed by atoms with E-state index in [0.717, 1.165) is 37.0 Å². The molecular weight excluding hydrogens is 292 g/mol. The van der Waals surface area contributed by atoms with Gasteiger partial charge in [0.15, 0.2) is 0 Å². The predicted molar refractivity (Wildman–Crippen MR) is 90.8 cm³/mol. The second-order valence-electron chi connectivity index (χ2n) is 7.08. The molecule has 5 heteroatoms. The van der Waals surface area contributed by atoms with E-state index in [2.05, 4.69) is 24.5 Å². The molecule has 0 unspecified atom stereocenters. The Bertz CT molecular complexity index is 520. The molecule has 3 N–H and O–H groups in total. The molecule has 5 nitrogen and oxygen atoms in total. The summed E-state index contributed by atoms with van der Waals surface area (Å²) in [7, 11) is 1.64. The molecule has 2 amide bonds. The largest absolute Gasteiger partial charge is 0.497 e. The topological polar surface area (TPSA) is 70.6 Å². The third-order valence-corrected chi connectivity index (χ3v) is 4.67. The number of benzene rings is 1. The zero-order chi connectivity index (χ0) is 16.9. The van der Waals surface area contributed by atoms with Crippen molar-refractivity contribution in [3.05, 3.63) is 29.8 Å². The highest BCUT2D eigenvalue weighted by Gasteiger charge is 2.31. The van der Waals surface area contributed by atoms with Gasteiger partial charge in [-0.15, -0.1) is 0 Å². The Hall–Kier alpha value is -1.75. The molecule has 0 bridgehead atoms. The number of nitrogens with one attached hydrogen (secondary N) is 2. The molecule has 1 aromatic rings. The highest BCUT2D eigenvalue weighted by atomic mass is 16.5. The van der Waals surface area contributed by atoms with Crippen LogP contribution in [0.5, 0.6) is 5.75 Å². The first-order valence-electron chi connectivity index (χ1n) is 8.23. The Kier molecular flexibility index (Phi) is 5.52. The molecule has 2 rings (SSSR count). The molecule has 128 valence electrons. The molecule has 0 aliphatic heterocycles. The van der Waals surface area contributed by atoms with Crippen LogP contribution in [0.15, 0.2) is 24.3 Å². The lowest BCUT2D eigenvalue weighted by molar-refractivity contribution is 0.0501. The summed E-state index contributed by atoms with van der Waals surface area (Å²) in [4.78, 5) is 12.0. The first-order valence-corrected chi connectivity index (χ1v) is 8.23. The van der Waals surface area contributed by atoms with Crippen LogP contribution in [0.3, 0.4) is 0 Å². The van der Waals surface area contributed by atoms with Gasteiger partial charge in [0.1, 0.15) is 5.75 Å². The third kappa shape index (κ3) is 4.86. The number of urea groups is 1. The van der Waals surface area contributed by atoms with Crippen molar-refractivity contribution in [3.63, 3.8) is 0 Å². The Morgan fingerprint density at radius 3 is 2.39 bits per heavy atom. The number of methoxy groups -OCH3 is 1. The fraction of sp³-hybridized carbons (Fsp3) is 0.611. The summed E-state index contributed by atoms with van der Waals surface area (Å²) in [5.74, 6) is 0.819. The maximum absolute atomic E-state index is 12.0. The molecule has 0 heterocycles. The fourth-order valence-corrected chi connectivity index (χ4v) is 2.96. The van der Waals surface area contributed by atoms with E-state index < -0.39 is 5.60 Å². The summed E-state index contributed by atoms with van der Waals surface area (Å²) in [6.07, 6.45) is 3.60. The zero-order valence-corrected chi connectivity index (χ0v) is 14.3. The summed E-state index contributed by atoms with van der Waals surface area (Å²) < 4.78 is 5.17. The van der Waals surface area contributed by atoms with Crippen molar-refractivity contribution in [3.8, 4) is 5.75 Å². The van der Waals surface area contributed by atoms with Gasteiger partial charge in [-0.3, -0.25) is 0 Å². The number of amides is 2. The molecule has 0 aromatic heterocycles. The van der Waals surface area contributed by atoms with E-state index in [-0.39, 0.29) is 11.4 Å². The lowest BCUT2D eigenvalue weighted by Crippen LogP contribution is -2.47. The van der Waals surface area contributed by atoms with Crippen LogP contribution < -0.4 is 15.4 Å². The summed E-state index contributed by atoms with van der Waals surface area (Å²) in [5, 5.41) is 15.9. The van der Waals surface area contributed by atoms with Crippen molar-refractivity contribution >= 4 is 6.03 Å². The first-order chi connectivity index (χ1) is 10.8. The van der Waals surface area contributed by atoms with Crippen LogP contribution in [0.4, 0.5) is 4.79 Å². The summed E-state index contributed by atoms with van der Waals surface area (Å²) >= 11 is 0. The molecule has 1 aliphatic rings. The zero-order valence-electron chi connectivity index (χ0n) is 14.3. The van der Waals surface area contributed by atoms with E-state index in [1.807, 2.05) is 24.3 Å². The molecule has 1 saturated carbocycles. The van der Waals surface area contributed by atoms with Gasteiger partial charge in [-0.25, -0.2) is 4.79 Å². The number of carbonyl (C=O) groups is 1. The van der Waals surface area contributed by atoms with Crippen LogP contribution in [0, 0.1) is 0 Å². The van der Waals surface area contributed by atoms with E-state index in [1.54, 1.807) is 7.11 Å². The van der Waals surface area contributed by atoms with Gasteiger partial charge in [0.05, 0.1) is 12.7 Å². The summed E-state index contributed by atoms with van der Waals surface area (Å²) in [5.41, 5.74) is 0.226. The van der Waals surface area contributed by atoms with E-state index in [1.165, 1.54) is 0 Å². The van der Waals surface area contributed by atoms with Gasteiger partial charge in [-0.1, -0.05) is 38.8 Å². The minimum atomic E-state index is -0.719. The van der Waals surface area contributed by atoms with Crippen LogP contribution in [-0.2, 0) is 5.41 Å². The summed E-state index contributed by atoms with van der Waals surface area (Å²) in [6, 6.07) is 7.64. The quantitative estimate of drug-likeness (QED) is 0.754. The van der Waals surface area contributed by atoms with Crippen molar-refractivity contribution in [2.75, 3.05) is 20.2 Å². The number of rotatable bonds is 6. The lowest BCUT2D eigenvalue weighted by Gasteiger charge is -2.27. The van der Waals surface area contributed by atoms with Gasteiger partial charge < -0.3 is 20.5 Å². The molecule has 0 spiro atoms. The van der Waals surface area contributed by atoms with Gasteiger partial charge >= 0.3 is 6.03 Å². The van der Waals surface area contributed by atoms with E-state index in [9.17, 15) is 9.90 Å². The van der Waals surface area contributed by atoms with E-state index in [0.29, 0.717) is 13.1 Å². The highest BCUT2D eigenvalue weighted by Crippen LogP contribution is 2.28. The first kappa shape index (κ1) is 17.6. The van der Waals surface area contributed by atoms with Crippen molar-refractivity contribution in [1.82, 2.24) is 10.6 Å². The maximum Gasteiger partial charge on any atom is 0.314 e. The number of carbonyl (C=O) groups excluding carboxylic acids is 1. The van der Waals surface area contributed by atoms with Gasteiger partial charge in [-0.05, 0) is 30.5 Å². The SMILES string of the molecule is COc1ccc(C(C)(C)CNC(=O)NCC2(O)CCCC2)cc1. The minimum Gasteiger partial charge on any atom is -0.497 e. The maximum atomic E-state index is 12.0. The van der Waals surface area contributed by atoms with Gasteiger partial charge in [-0.2, -0.15) is 0 Å². The third-order valence-electron chi connectivity index (χ3n) is 4.67. The van der Waals surface area contributed by atoms with E-state index >= 15 is 0 Å². The fourth-order valence-electron chi connectivity index (χ4n) is 2.96. The molecule has 23 heavy (non-hydrogen) atoms. The molecule has 0 atom stereocenters. The number of hydrogen-bond donors (Lipinski definition) is 3. The normalized spacial score (nSPS) is 16.9. The van der Waals surface area contributed by atoms with Crippen LogP contribution in [0.25, 0.3) is 0 Å². The van der Waals surface area contributed by atoms with Crippen molar-refractivity contribution < 1.29 is 14.6 Å². The Morgan fingerprint density at radius 1 is 1.22 bits per heavy atom. The molecule has 0 radical (unpaired) electrons. The Labute approximate surface area is 138 Å². The molecule has 0 saturated heterocycles. The monoisotopic (exact) mass is 320 g/mol. The second kappa shape index (κ2) is 7.21. The average Bonchev–Trinajstić information content (AvgIpc) is 2.98. The Balaban J connectivity index is 1.81. The molecule has 1 aliphatic carbocycles. The lowest BCUT2D eigenvalue weighted by atomic mass is 9.84. The molecule has 1 aromatic carbocycles. The summed E-state index contributed by atoms with van der Waals surface area (Å²) in [6.45, 7) is 5.00. The minimum absolute atomic E-state index is 0.187. The van der Waals surface area contributed by atoms with Crippen LogP contribution in [0.1, 0.15) is 45.1 Å². The van der Waals surface area contributed by atoms with Gasteiger partial charge in [0, 0.05) is 18.5 Å². The van der Waals surface area contributed by atoms with Crippen LogP contribution in [-0.4, -0.2) is 36.9 Å². The van der Waals surface area contributed by atoms with Gasteiger partial charge in [0.25, 0.3) is 0 Å². The van der Waals surface area contributed by atoms with Crippen LogP contribution >= 0.6 is 0 Å². The smallest absolute Gasteiger partial charge is 0.314 e. The predicted octanol–water partition coefficient (Wildman–Crippen LogP) is 2.58. The standard InChI is InChI=1S/C18H28N2O3/c1-17(2,14-6-8-15(23-3)9-7-14)12-19-16(21)20-13-18(22)10-4-5-11-18/h6-9,22H,4-5,10-13H2,1-3H3,(H2,19,20,21). The number of hydrogen-bond acceptors (Lipinski definition) is 3. The van der Waals surface area contributed by atoms with Gasteiger partial charge in [0.2, 0.25) is 0 Å². The second-order valence-corrected chi connectivity index (χ2v) is 7.08. The molecular formula is C18H28N2O3. The van der Waals surface area contributed by atoms with Crippen molar-refractivity contribution in [1.29, 1.82) is 0 Å². The average molecular weight is 320 g/mol. The van der Waals surface area contributed by atoms with Crippen molar-refractivity contribution in [2.24, 2.45) is 0 Å². The highest BCUT2D eigenvalue weighted by molar-refractivity contribution is 5.74. The molecule has 1 fully saturated rings. The van der Waals surface area contributed by atoms with Crippen LogP contribution in [0.2, 0.25) is 0 Å². The number of aliphatic hydroxyl groups is 1. The van der Waals surface area contributed by atoms with E-state index in [4.69, 9.17) is 4.74 Å². The van der Waals surface area contributed by atoms with Crippen molar-refractivity contribution in [2.45, 2.75) is 50.5 Å². The Morgan fingerprint density at radius 2 is 1.83 bits per heavy atom. The number of ether oxygens (including phenoxy) is 1.